The first-order valence-electron chi connectivity index (χ1n) is 11.0. The number of benzene rings is 3. The molecule has 180 valence electrons. The Morgan fingerprint density at radius 3 is 1.97 bits per heavy atom. The fraction of sp³-hybridized carbons (Fsp3) is 0.115. The van der Waals surface area contributed by atoms with E-state index in [1.165, 1.54) is 11.3 Å². The van der Waals surface area contributed by atoms with Crippen molar-refractivity contribution in [2.75, 3.05) is 18.5 Å². The molecule has 1 heterocycles. The van der Waals surface area contributed by atoms with Gasteiger partial charge in [-0.15, -0.1) is 11.3 Å². The second-order valence-electron chi connectivity index (χ2n) is 7.54. The van der Waals surface area contributed by atoms with Gasteiger partial charge in [-0.05, 0) is 22.2 Å². The van der Waals surface area contributed by atoms with Crippen LogP contribution in [0.5, 0.6) is 0 Å². The lowest BCUT2D eigenvalue weighted by Crippen LogP contribution is -2.38. The Balaban J connectivity index is 1.77. The standard InChI is InChI=1S/C26H22N6O3S/c27-32-28-16-17-35-31-23(24(33)34)22-18-36-25(29-22)30-26(19-10-4-1-5-11-19,20-12-6-2-7-13-20)21-14-8-3-9-15-21/h1-15,18H,16-17H2,(H,29,30)(H,33,34). The van der Waals surface area contributed by atoms with Gasteiger partial charge in [-0.1, -0.05) is 101 Å². The summed E-state index contributed by atoms with van der Waals surface area (Å²) in [5.74, 6) is -1.28. The van der Waals surface area contributed by atoms with Crippen LogP contribution >= 0.6 is 11.3 Å². The van der Waals surface area contributed by atoms with Crippen molar-refractivity contribution in [2.45, 2.75) is 5.54 Å². The highest BCUT2D eigenvalue weighted by Gasteiger charge is 2.37. The molecule has 0 aliphatic carbocycles. The summed E-state index contributed by atoms with van der Waals surface area (Å²) in [6.45, 7) is -0.0142. The third-order valence-electron chi connectivity index (χ3n) is 5.37. The van der Waals surface area contributed by atoms with Gasteiger partial charge >= 0.3 is 5.97 Å². The Hall–Kier alpha value is -4.66. The van der Waals surface area contributed by atoms with E-state index < -0.39 is 11.5 Å². The van der Waals surface area contributed by atoms with E-state index >= 15 is 0 Å². The number of carboxylic acid groups (broad SMARTS) is 1. The summed E-state index contributed by atoms with van der Waals surface area (Å²) in [5, 5.41) is 22.4. The Morgan fingerprint density at radius 1 is 0.972 bits per heavy atom. The quantitative estimate of drug-likeness (QED) is 0.0523. The van der Waals surface area contributed by atoms with Crippen LogP contribution in [0.2, 0.25) is 0 Å². The maximum atomic E-state index is 11.8. The lowest BCUT2D eigenvalue weighted by molar-refractivity contribution is -0.129. The van der Waals surface area contributed by atoms with Gasteiger partial charge in [0.25, 0.3) is 0 Å². The topological polar surface area (TPSA) is 133 Å². The summed E-state index contributed by atoms with van der Waals surface area (Å²) in [4.78, 5) is 24.0. The van der Waals surface area contributed by atoms with Crippen LogP contribution < -0.4 is 5.32 Å². The maximum Gasteiger partial charge on any atom is 0.360 e. The average Bonchev–Trinajstić information content (AvgIpc) is 3.38. The van der Waals surface area contributed by atoms with Crippen molar-refractivity contribution in [2.24, 2.45) is 10.3 Å². The van der Waals surface area contributed by atoms with Crippen LogP contribution in [0.3, 0.4) is 0 Å². The third kappa shape index (κ3) is 5.35. The average molecular weight is 499 g/mol. The number of nitrogens with zero attached hydrogens (tertiary/aromatic N) is 5. The van der Waals surface area contributed by atoms with Gasteiger partial charge in [0.15, 0.2) is 5.13 Å². The van der Waals surface area contributed by atoms with E-state index in [4.69, 9.17) is 10.4 Å². The summed E-state index contributed by atoms with van der Waals surface area (Å²) < 4.78 is 0. The lowest BCUT2D eigenvalue weighted by atomic mass is 9.77. The summed E-state index contributed by atoms with van der Waals surface area (Å²) in [6, 6.07) is 30.0. The molecule has 36 heavy (non-hydrogen) atoms. The number of oxime groups is 1. The van der Waals surface area contributed by atoms with Crippen molar-refractivity contribution in [3.63, 3.8) is 0 Å². The Morgan fingerprint density at radius 2 is 1.50 bits per heavy atom. The van der Waals surface area contributed by atoms with Crippen LogP contribution in [0.25, 0.3) is 10.4 Å². The first-order chi connectivity index (χ1) is 17.6. The number of anilines is 1. The number of rotatable bonds is 11. The van der Waals surface area contributed by atoms with Crippen molar-refractivity contribution in [1.29, 1.82) is 0 Å². The van der Waals surface area contributed by atoms with Crippen molar-refractivity contribution < 1.29 is 14.7 Å². The Kier molecular flexibility index (Phi) is 7.92. The van der Waals surface area contributed by atoms with E-state index in [0.29, 0.717) is 5.13 Å². The summed E-state index contributed by atoms with van der Waals surface area (Å²) in [6.07, 6.45) is 0. The number of aromatic nitrogens is 1. The largest absolute Gasteiger partial charge is 0.476 e. The molecule has 9 nitrogen and oxygen atoms in total. The molecule has 0 radical (unpaired) electrons. The van der Waals surface area contributed by atoms with Crippen LogP contribution in [0, 0.1) is 0 Å². The molecule has 3 aromatic carbocycles. The minimum absolute atomic E-state index is 0.0323. The Bertz CT molecular complexity index is 1270. The number of hydrogen-bond acceptors (Lipinski definition) is 7. The highest BCUT2D eigenvalue weighted by molar-refractivity contribution is 7.14. The van der Waals surface area contributed by atoms with Gasteiger partial charge in [0.05, 0.1) is 6.54 Å². The van der Waals surface area contributed by atoms with Crippen LogP contribution in [0.4, 0.5) is 5.13 Å². The van der Waals surface area contributed by atoms with Crippen LogP contribution in [0.15, 0.2) is 107 Å². The van der Waals surface area contributed by atoms with Crippen LogP contribution in [-0.2, 0) is 15.2 Å². The number of aliphatic carboxylic acids is 1. The number of carbonyl (C=O) groups is 1. The monoisotopic (exact) mass is 498 g/mol. The highest BCUT2D eigenvalue weighted by atomic mass is 32.1. The predicted octanol–water partition coefficient (Wildman–Crippen LogP) is 5.66. The van der Waals surface area contributed by atoms with E-state index in [9.17, 15) is 9.90 Å². The number of carboxylic acids is 1. The summed E-state index contributed by atoms with van der Waals surface area (Å²) in [7, 11) is 0. The van der Waals surface area contributed by atoms with E-state index in [2.05, 4.69) is 25.5 Å². The number of hydrogen-bond donors (Lipinski definition) is 2. The molecule has 0 amide bonds. The summed E-state index contributed by atoms with van der Waals surface area (Å²) in [5.41, 5.74) is 10.3. The zero-order valence-electron chi connectivity index (χ0n) is 19.1. The minimum Gasteiger partial charge on any atom is -0.476 e. The smallest absolute Gasteiger partial charge is 0.360 e. The van der Waals surface area contributed by atoms with Crippen molar-refractivity contribution in [1.82, 2.24) is 4.98 Å². The molecule has 0 aliphatic rings. The van der Waals surface area contributed by atoms with Gasteiger partial charge in [-0.25, -0.2) is 9.78 Å². The fourth-order valence-corrected chi connectivity index (χ4v) is 4.56. The van der Waals surface area contributed by atoms with Gasteiger partial charge in [-0.2, -0.15) is 0 Å². The van der Waals surface area contributed by atoms with Gasteiger partial charge < -0.3 is 15.3 Å². The number of nitrogens with one attached hydrogen (secondary N) is 1. The van der Waals surface area contributed by atoms with Gasteiger partial charge in [0.2, 0.25) is 5.71 Å². The van der Waals surface area contributed by atoms with E-state index in [0.717, 1.165) is 16.7 Å². The SMILES string of the molecule is [N-]=[N+]=NCCON=C(C(=O)O)c1csc(NC(c2ccccc2)(c2ccccc2)c2ccccc2)n1. The predicted molar refractivity (Wildman–Crippen MR) is 139 cm³/mol. The molecule has 0 saturated heterocycles. The molecule has 0 unspecified atom stereocenters. The number of thiazole rings is 1. The van der Waals surface area contributed by atoms with Gasteiger partial charge in [0.1, 0.15) is 17.8 Å². The van der Waals surface area contributed by atoms with E-state index in [1.807, 2.05) is 91.0 Å². The number of azide groups is 1. The molecule has 0 atom stereocenters. The van der Waals surface area contributed by atoms with E-state index in [-0.39, 0.29) is 24.6 Å². The summed E-state index contributed by atoms with van der Waals surface area (Å²) >= 11 is 1.26. The molecule has 0 aliphatic heterocycles. The fourth-order valence-electron chi connectivity index (χ4n) is 3.81. The minimum atomic E-state index is -1.28. The normalized spacial score (nSPS) is 11.4. The van der Waals surface area contributed by atoms with Crippen molar-refractivity contribution in [3.05, 3.63) is 129 Å². The van der Waals surface area contributed by atoms with Crippen molar-refractivity contribution in [3.8, 4) is 0 Å². The molecule has 4 rings (SSSR count). The molecule has 0 spiro atoms. The molecule has 2 N–H and O–H groups in total. The molecule has 0 saturated carbocycles. The molecule has 4 aromatic rings. The molecular formula is C26H22N6O3S. The molecule has 0 fully saturated rings. The lowest BCUT2D eigenvalue weighted by Gasteiger charge is -2.36. The third-order valence-corrected chi connectivity index (χ3v) is 6.12. The zero-order valence-corrected chi connectivity index (χ0v) is 19.9. The van der Waals surface area contributed by atoms with Crippen molar-refractivity contribution >= 4 is 28.1 Å². The molecular weight excluding hydrogens is 476 g/mol. The van der Waals surface area contributed by atoms with Gasteiger partial charge in [-0.3, -0.25) is 0 Å². The highest BCUT2D eigenvalue weighted by Crippen LogP contribution is 2.40. The second kappa shape index (κ2) is 11.7. The zero-order chi connectivity index (χ0) is 25.2. The maximum absolute atomic E-state index is 11.8. The molecule has 1 aromatic heterocycles. The van der Waals surface area contributed by atoms with Crippen LogP contribution in [-0.4, -0.2) is 34.9 Å². The van der Waals surface area contributed by atoms with Crippen LogP contribution in [0.1, 0.15) is 22.4 Å². The first-order valence-corrected chi connectivity index (χ1v) is 11.9. The molecule has 0 bridgehead atoms. The van der Waals surface area contributed by atoms with E-state index in [1.54, 1.807) is 5.38 Å². The Labute approximate surface area is 211 Å². The first kappa shape index (κ1) is 24.5. The second-order valence-corrected chi connectivity index (χ2v) is 8.40. The molecule has 10 heteroatoms. The van der Waals surface area contributed by atoms with Gasteiger partial charge in [0, 0.05) is 10.3 Å².